The van der Waals surface area contributed by atoms with Crippen molar-refractivity contribution < 1.29 is 4.79 Å². The summed E-state index contributed by atoms with van der Waals surface area (Å²) in [5.74, 6) is 1.22. The van der Waals surface area contributed by atoms with Gasteiger partial charge < -0.3 is 9.80 Å². The first-order valence-corrected chi connectivity index (χ1v) is 10.2. The number of carbonyl (C=O) groups excluding carboxylic acids is 1. The topological polar surface area (TPSA) is 23.6 Å². The van der Waals surface area contributed by atoms with Crippen molar-refractivity contribution >= 4 is 5.91 Å². The fourth-order valence-electron chi connectivity index (χ4n) is 3.61. The van der Waals surface area contributed by atoms with E-state index in [-0.39, 0.29) is 0 Å². The number of nitrogens with zero attached hydrogens (tertiary/aromatic N) is 2. The summed E-state index contributed by atoms with van der Waals surface area (Å²) in [6, 6.07) is 0. The lowest BCUT2D eigenvalue weighted by Crippen LogP contribution is -2.43. The first-order chi connectivity index (χ1) is 11.2. The summed E-state index contributed by atoms with van der Waals surface area (Å²) in [7, 11) is 0. The Balaban J connectivity index is 2.37. The minimum Gasteiger partial charge on any atom is -0.341 e. The Hall–Kier alpha value is -0.570. The second-order valence-electron chi connectivity index (χ2n) is 7.26. The van der Waals surface area contributed by atoms with Crippen LogP contribution in [-0.2, 0) is 4.79 Å². The van der Waals surface area contributed by atoms with Gasteiger partial charge in [0.2, 0.25) is 5.91 Å². The number of unbranched alkanes of at least 4 members (excludes halogenated alkanes) is 3. The molecule has 0 N–H and O–H groups in total. The zero-order valence-electron chi connectivity index (χ0n) is 16.0. The number of carbonyl (C=O) groups is 1. The summed E-state index contributed by atoms with van der Waals surface area (Å²) in [6.45, 7) is 12.3. The van der Waals surface area contributed by atoms with Crippen LogP contribution in [0.3, 0.4) is 0 Å². The third-order valence-electron chi connectivity index (χ3n) is 5.23. The maximum absolute atomic E-state index is 12.4. The van der Waals surface area contributed by atoms with Crippen LogP contribution in [-0.4, -0.2) is 48.4 Å². The molecule has 1 fully saturated rings. The lowest BCUT2D eigenvalue weighted by Gasteiger charge is -2.33. The quantitative estimate of drug-likeness (QED) is 0.543. The van der Waals surface area contributed by atoms with E-state index in [1.54, 1.807) is 0 Å². The van der Waals surface area contributed by atoms with Crippen LogP contribution in [0.25, 0.3) is 0 Å². The minimum absolute atomic E-state index is 0.392. The minimum atomic E-state index is 0.392. The molecule has 23 heavy (non-hydrogen) atoms. The van der Waals surface area contributed by atoms with Gasteiger partial charge in [-0.2, -0.15) is 0 Å². The van der Waals surface area contributed by atoms with E-state index in [1.165, 1.54) is 64.5 Å². The van der Waals surface area contributed by atoms with Gasteiger partial charge in [0.25, 0.3) is 0 Å². The molecule has 0 aromatic rings. The Morgan fingerprint density at radius 2 is 1.70 bits per heavy atom. The van der Waals surface area contributed by atoms with E-state index in [4.69, 9.17) is 0 Å². The van der Waals surface area contributed by atoms with Crippen molar-refractivity contribution in [2.45, 2.75) is 85.0 Å². The SMILES string of the molecule is CCCCCCC(=O)N1CCCCN(CC(CC)CCC)CC1. The van der Waals surface area contributed by atoms with E-state index < -0.39 is 0 Å². The van der Waals surface area contributed by atoms with Crippen LogP contribution in [0.4, 0.5) is 0 Å². The molecule has 1 amide bonds. The van der Waals surface area contributed by atoms with E-state index in [0.717, 1.165) is 38.4 Å². The van der Waals surface area contributed by atoms with E-state index >= 15 is 0 Å². The monoisotopic (exact) mass is 324 g/mol. The predicted octanol–water partition coefficient (Wildman–Crippen LogP) is 4.71. The largest absolute Gasteiger partial charge is 0.341 e. The third kappa shape index (κ3) is 8.74. The molecule has 0 bridgehead atoms. The molecule has 0 aliphatic carbocycles. The van der Waals surface area contributed by atoms with Crippen molar-refractivity contribution in [3.63, 3.8) is 0 Å². The average molecular weight is 325 g/mol. The molecule has 1 aliphatic heterocycles. The first kappa shape index (κ1) is 20.5. The van der Waals surface area contributed by atoms with Crippen LogP contribution >= 0.6 is 0 Å². The van der Waals surface area contributed by atoms with Gasteiger partial charge in [-0.3, -0.25) is 4.79 Å². The van der Waals surface area contributed by atoms with Crippen LogP contribution in [0.2, 0.25) is 0 Å². The van der Waals surface area contributed by atoms with Gasteiger partial charge in [-0.1, -0.05) is 52.9 Å². The molecule has 0 saturated carbocycles. The molecule has 1 saturated heterocycles. The van der Waals surface area contributed by atoms with Gasteiger partial charge in [0.1, 0.15) is 0 Å². The maximum Gasteiger partial charge on any atom is 0.222 e. The van der Waals surface area contributed by atoms with Crippen molar-refractivity contribution in [3.05, 3.63) is 0 Å². The molecule has 3 nitrogen and oxygen atoms in total. The van der Waals surface area contributed by atoms with Gasteiger partial charge in [-0.25, -0.2) is 0 Å². The van der Waals surface area contributed by atoms with Crippen LogP contribution in [0, 0.1) is 5.92 Å². The number of amides is 1. The zero-order valence-corrected chi connectivity index (χ0v) is 16.0. The lowest BCUT2D eigenvalue weighted by molar-refractivity contribution is -0.132. The summed E-state index contributed by atoms with van der Waals surface area (Å²) >= 11 is 0. The number of hydrogen-bond acceptors (Lipinski definition) is 2. The van der Waals surface area contributed by atoms with Crippen LogP contribution in [0.15, 0.2) is 0 Å². The van der Waals surface area contributed by atoms with Crippen molar-refractivity contribution in [2.24, 2.45) is 5.92 Å². The molecule has 1 atom stereocenters. The van der Waals surface area contributed by atoms with Crippen molar-refractivity contribution in [1.82, 2.24) is 9.80 Å². The Morgan fingerprint density at radius 3 is 2.39 bits per heavy atom. The molecule has 0 spiro atoms. The fraction of sp³-hybridized carbons (Fsp3) is 0.950. The molecule has 0 radical (unpaired) electrons. The molecule has 1 rings (SSSR count). The summed E-state index contributed by atoms with van der Waals surface area (Å²) in [5.41, 5.74) is 0. The smallest absolute Gasteiger partial charge is 0.222 e. The van der Waals surface area contributed by atoms with Crippen LogP contribution in [0.5, 0.6) is 0 Å². The van der Waals surface area contributed by atoms with Gasteiger partial charge in [-0.15, -0.1) is 0 Å². The highest BCUT2D eigenvalue weighted by Gasteiger charge is 2.19. The predicted molar refractivity (Wildman–Crippen MR) is 99.7 cm³/mol. The highest BCUT2D eigenvalue weighted by molar-refractivity contribution is 5.76. The summed E-state index contributed by atoms with van der Waals surface area (Å²) in [5, 5.41) is 0. The van der Waals surface area contributed by atoms with E-state index in [1.807, 2.05) is 0 Å². The molecule has 1 unspecified atom stereocenters. The van der Waals surface area contributed by atoms with Crippen molar-refractivity contribution in [3.8, 4) is 0 Å². The normalized spacial score (nSPS) is 18.5. The zero-order chi connectivity index (χ0) is 16.9. The van der Waals surface area contributed by atoms with Crippen molar-refractivity contribution in [2.75, 3.05) is 32.7 Å². The van der Waals surface area contributed by atoms with E-state index in [0.29, 0.717) is 5.91 Å². The van der Waals surface area contributed by atoms with Gasteiger partial charge in [-0.05, 0) is 38.1 Å². The number of hydrogen-bond donors (Lipinski definition) is 0. The molecule has 3 heteroatoms. The summed E-state index contributed by atoms with van der Waals surface area (Å²) in [4.78, 5) is 17.2. The van der Waals surface area contributed by atoms with Crippen molar-refractivity contribution in [1.29, 1.82) is 0 Å². The molecular weight excluding hydrogens is 284 g/mol. The van der Waals surface area contributed by atoms with Crippen LogP contribution in [0.1, 0.15) is 85.0 Å². The third-order valence-corrected chi connectivity index (χ3v) is 5.23. The standard InChI is InChI=1S/C20H40N2O/c1-4-7-8-9-13-20(23)22-15-11-10-14-21(16-17-22)18-19(6-3)12-5-2/h19H,4-18H2,1-3H3. The average Bonchev–Trinajstić information content (AvgIpc) is 2.53. The highest BCUT2D eigenvalue weighted by Crippen LogP contribution is 2.15. The highest BCUT2D eigenvalue weighted by atomic mass is 16.2. The Labute approximate surface area is 144 Å². The molecular formula is C20H40N2O. The molecule has 0 aromatic carbocycles. The molecule has 1 heterocycles. The Bertz CT molecular complexity index is 306. The number of rotatable bonds is 10. The van der Waals surface area contributed by atoms with Gasteiger partial charge >= 0.3 is 0 Å². The van der Waals surface area contributed by atoms with Gasteiger partial charge in [0.15, 0.2) is 0 Å². The van der Waals surface area contributed by atoms with Crippen LogP contribution < -0.4 is 0 Å². The van der Waals surface area contributed by atoms with Gasteiger partial charge in [0, 0.05) is 32.6 Å². The second kappa shape index (κ2) is 12.8. The Morgan fingerprint density at radius 1 is 0.913 bits per heavy atom. The summed E-state index contributed by atoms with van der Waals surface area (Å²) in [6.07, 6.45) is 11.8. The fourth-order valence-corrected chi connectivity index (χ4v) is 3.61. The molecule has 136 valence electrons. The molecule has 0 aromatic heterocycles. The summed E-state index contributed by atoms with van der Waals surface area (Å²) < 4.78 is 0. The first-order valence-electron chi connectivity index (χ1n) is 10.2. The Kier molecular flexibility index (Phi) is 11.4. The van der Waals surface area contributed by atoms with E-state index in [9.17, 15) is 4.79 Å². The second-order valence-corrected chi connectivity index (χ2v) is 7.26. The molecule has 1 aliphatic rings. The lowest BCUT2D eigenvalue weighted by atomic mass is 10.00. The van der Waals surface area contributed by atoms with Gasteiger partial charge in [0.05, 0.1) is 0 Å². The van der Waals surface area contributed by atoms with E-state index in [2.05, 4.69) is 30.6 Å². The maximum atomic E-state index is 12.4.